The molecule has 5 aromatic rings. The van der Waals surface area contributed by atoms with Crippen molar-refractivity contribution in [2.45, 2.75) is 0 Å². The molecule has 1 aromatic heterocycles. The van der Waals surface area contributed by atoms with Gasteiger partial charge in [-0.25, -0.2) is 0 Å². The average Bonchev–Trinajstić information content (AvgIpc) is 2.89. The summed E-state index contributed by atoms with van der Waals surface area (Å²) in [7, 11) is 3.27. The summed E-state index contributed by atoms with van der Waals surface area (Å²) < 4.78 is 12.9. The van der Waals surface area contributed by atoms with E-state index < -0.39 is 0 Å². The van der Waals surface area contributed by atoms with Gasteiger partial charge in [0, 0.05) is 16.6 Å². The summed E-state index contributed by atoms with van der Waals surface area (Å²) in [5, 5.41) is 1.41. The van der Waals surface area contributed by atoms with Crippen LogP contribution in [0.25, 0.3) is 38.8 Å². The van der Waals surface area contributed by atoms with Crippen molar-refractivity contribution in [2.24, 2.45) is 0 Å². The minimum absolute atomic E-state index is 0.104. The van der Waals surface area contributed by atoms with Gasteiger partial charge in [-0.2, -0.15) is 0 Å². The Bertz CT molecular complexity index is 1470. The minimum Gasteiger partial charge on any atom is -0.497 e. The normalized spacial score (nSPS) is 10.8. The topological polar surface area (TPSA) is 40.5 Å². The van der Waals surface area contributed by atoms with Crippen LogP contribution in [-0.2, 0) is 0 Å². The minimum atomic E-state index is -0.104. The maximum absolute atomic E-state index is 14.0. The summed E-state index contributed by atoms with van der Waals surface area (Å²) in [6.07, 6.45) is 0. The lowest BCUT2D eigenvalue weighted by molar-refractivity contribution is 0.414. The largest absolute Gasteiger partial charge is 0.497 e. The van der Waals surface area contributed by atoms with E-state index in [1.54, 1.807) is 18.8 Å². The van der Waals surface area contributed by atoms with Crippen LogP contribution in [0.2, 0.25) is 0 Å². The molecule has 0 amide bonds. The van der Waals surface area contributed by atoms with Crippen LogP contribution in [0.1, 0.15) is 0 Å². The molecule has 0 aliphatic rings. The Morgan fingerprint density at radius 1 is 0.636 bits per heavy atom. The van der Waals surface area contributed by atoms with Gasteiger partial charge in [-0.15, -0.1) is 0 Å². The molecule has 4 aromatic carbocycles. The van der Waals surface area contributed by atoms with Crippen LogP contribution in [0.15, 0.2) is 108 Å². The molecule has 0 radical (unpaired) electrons. The van der Waals surface area contributed by atoms with Crippen molar-refractivity contribution in [1.29, 1.82) is 0 Å². The Labute approximate surface area is 192 Å². The van der Waals surface area contributed by atoms with Crippen LogP contribution in [0.5, 0.6) is 11.5 Å². The van der Waals surface area contributed by atoms with Gasteiger partial charge in [-0.05, 0) is 47.5 Å². The molecular formula is C29H23NO3. The predicted molar refractivity (Wildman–Crippen MR) is 134 cm³/mol. The zero-order valence-electron chi connectivity index (χ0n) is 18.5. The van der Waals surface area contributed by atoms with E-state index in [-0.39, 0.29) is 5.56 Å². The third-order valence-corrected chi connectivity index (χ3v) is 5.83. The Balaban J connectivity index is 2.02. The van der Waals surface area contributed by atoms with Gasteiger partial charge in [0.15, 0.2) is 0 Å². The first-order valence-electron chi connectivity index (χ1n) is 10.7. The molecule has 0 aliphatic carbocycles. The van der Waals surface area contributed by atoms with Gasteiger partial charge in [0.05, 0.1) is 25.3 Å². The number of hydrogen-bond acceptors (Lipinski definition) is 3. The lowest BCUT2D eigenvalue weighted by atomic mass is 9.92. The van der Waals surface area contributed by atoms with E-state index in [0.29, 0.717) is 11.1 Å². The van der Waals surface area contributed by atoms with E-state index in [2.05, 4.69) is 12.1 Å². The summed E-state index contributed by atoms with van der Waals surface area (Å²) in [5.74, 6) is 1.40. The number of hydrogen-bond donors (Lipinski definition) is 0. The number of aromatic nitrogens is 1. The van der Waals surface area contributed by atoms with Crippen molar-refractivity contribution in [3.05, 3.63) is 113 Å². The summed E-state index contributed by atoms with van der Waals surface area (Å²) in [6.45, 7) is 0. The second-order valence-electron chi connectivity index (χ2n) is 7.68. The Kier molecular flexibility index (Phi) is 5.41. The van der Waals surface area contributed by atoms with Crippen LogP contribution in [0, 0.1) is 0 Å². The summed E-state index contributed by atoms with van der Waals surface area (Å²) in [5.41, 5.74) is 4.37. The highest BCUT2D eigenvalue weighted by atomic mass is 16.5. The first-order valence-corrected chi connectivity index (χ1v) is 10.7. The highest BCUT2D eigenvalue weighted by molar-refractivity contribution is 6.06. The number of pyridine rings is 1. The molecule has 33 heavy (non-hydrogen) atoms. The number of nitrogens with zero attached hydrogens (tertiary/aromatic N) is 1. The van der Waals surface area contributed by atoms with Crippen molar-refractivity contribution < 1.29 is 9.47 Å². The molecule has 0 saturated carbocycles. The highest BCUT2D eigenvalue weighted by Crippen LogP contribution is 2.41. The van der Waals surface area contributed by atoms with Crippen LogP contribution in [0.3, 0.4) is 0 Å². The molecule has 162 valence electrons. The van der Waals surface area contributed by atoms with Gasteiger partial charge in [0.1, 0.15) is 11.5 Å². The van der Waals surface area contributed by atoms with Gasteiger partial charge in [-0.1, -0.05) is 66.7 Å². The maximum atomic E-state index is 14.0. The third kappa shape index (κ3) is 3.56. The van der Waals surface area contributed by atoms with Crippen LogP contribution in [-0.4, -0.2) is 18.8 Å². The van der Waals surface area contributed by atoms with E-state index in [4.69, 9.17) is 9.47 Å². The van der Waals surface area contributed by atoms with Crippen LogP contribution < -0.4 is 15.0 Å². The zero-order chi connectivity index (χ0) is 22.8. The Morgan fingerprint density at radius 2 is 1.27 bits per heavy atom. The molecule has 0 aliphatic heterocycles. The molecule has 0 N–H and O–H groups in total. The van der Waals surface area contributed by atoms with Crippen molar-refractivity contribution >= 4 is 10.8 Å². The van der Waals surface area contributed by atoms with Gasteiger partial charge in [-0.3, -0.25) is 9.36 Å². The van der Waals surface area contributed by atoms with Crippen molar-refractivity contribution in [2.75, 3.05) is 14.2 Å². The standard InChI is InChI=1S/C29H23NO3/c1-32-23-18-16-22(17-19-23)30-28(21-12-7-4-8-13-21)26(20-10-5-3-6-11-20)27-24(29(30)31)14-9-15-25(27)33-2/h3-19H,1-2H3. The fourth-order valence-corrected chi connectivity index (χ4v) is 4.32. The molecule has 5 rings (SSSR count). The van der Waals surface area contributed by atoms with Crippen LogP contribution in [0.4, 0.5) is 0 Å². The molecular weight excluding hydrogens is 410 g/mol. The van der Waals surface area contributed by atoms with E-state index in [9.17, 15) is 4.79 Å². The zero-order valence-corrected chi connectivity index (χ0v) is 18.5. The molecule has 0 bridgehead atoms. The summed E-state index contributed by atoms with van der Waals surface area (Å²) in [4.78, 5) is 14.0. The fourth-order valence-electron chi connectivity index (χ4n) is 4.32. The number of methoxy groups -OCH3 is 2. The maximum Gasteiger partial charge on any atom is 0.263 e. The molecule has 0 spiro atoms. The smallest absolute Gasteiger partial charge is 0.263 e. The average molecular weight is 434 g/mol. The number of rotatable bonds is 5. The highest BCUT2D eigenvalue weighted by Gasteiger charge is 2.22. The molecule has 4 heteroatoms. The molecule has 0 fully saturated rings. The fraction of sp³-hybridized carbons (Fsp3) is 0.0690. The summed E-state index contributed by atoms with van der Waals surface area (Å²) in [6, 6.07) is 33.3. The third-order valence-electron chi connectivity index (χ3n) is 5.83. The van der Waals surface area contributed by atoms with Crippen molar-refractivity contribution in [3.8, 4) is 39.6 Å². The number of ether oxygens (including phenoxy) is 2. The van der Waals surface area contributed by atoms with Crippen molar-refractivity contribution in [1.82, 2.24) is 4.57 Å². The molecule has 0 saturated heterocycles. The van der Waals surface area contributed by atoms with E-state index in [0.717, 1.165) is 39.2 Å². The van der Waals surface area contributed by atoms with E-state index in [1.807, 2.05) is 91.0 Å². The van der Waals surface area contributed by atoms with E-state index in [1.165, 1.54) is 0 Å². The monoisotopic (exact) mass is 433 g/mol. The van der Waals surface area contributed by atoms with Crippen molar-refractivity contribution in [3.63, 3.8) is 0 Å². The number of fused-ring (bicyclic) bond motifs is 1. The second-order valence-corrected chi connectivity index (χ2v) is 7.68. The first-order chi connectivity index (χ1) is 16.2. The van der Waals surface area contributed by atoms with Gasteiger partial charge in [0.2, 0.25) is 0 Å². The SMILES string of the molecule is COc1ccc(-n2c(-c3ccccc3)c(-c3ccccc3)c3c(OC)cccc3c2=O)cc1. The van der Waals surface area contributed by atoms with Gasteiger partial charge in [0.25, 0.3) is 5.56 Å². The Hall–Kier alpha value is -4.31. The molecule has 0 atom stereocenters. The quantitative estimate of drug-likeness (QED) is 0.325. The first kappa shape index (κ1) is 20.6. The molecule has 0 unspecified atom stereocenters. The van der Waals surface area contributed by atoms with Gasteiger partial charge >= 0.3 is 0 Å². The lowest BCUT2D eigenvalue weighted by Gasteiger charge is -2.22. The second kappa shape index (κ2) is 8.67. The molecule has 4 nitrogen and oxygen atoms in total. The Morgan fingerprint density at radius 3 is 1.88 bits per heavy atom. The van der Waals surface area contributed by atoms with Gasteiger partial charge < -0.3 is 9.47 Å². The summed E-state index contributed by atoms with van der Waals surface area (Å²) >= 11 is 0. The predicted octanol–water partition coefficient (Wildman–Crippen LogP) is 6.34. The van der Waals surface area contributed by atoms with Crippen LogP contribution >= 0.6 is 0 Å². The number of benzene rings is 4. The molecule has 1 heterocycles. The van der Waals surface area contributed by atoms with E-state index >= 15 is 0 Å². The lowest BCUT2D eigenvalue weighted by Crippen LogP contribution is -2.22.